The molecule has 2 aromatic carbocycles. The second kappa shape index (κ2) is 8.41. The van der Waals surface area contributed by atoms with Crippen LogP contribution in [0, 0.1) is 20.8 Å². The molecule has 0 saturated carbocycles. The first kappa shape index (κ1) is 19.7. The number of hydrogen-bond donors (Lipinski definition) is 0. The van der Waals surface area contributed by atoms with E-state index in [1.54, 1.807) is 11.3 Å². The fourth-order valence-corrected chi connectivity index (χ4v) is 4.55. The van der Waals surface area contributed by atoms with E-state index >= 15 is 0 Å². The smallest absolute Gasteiger partial charge is 0.274 e. The lowest BCUT2D eigenvalue weighted by molar-refractivity contribution is -0.135. The fourth-order valence-electron chi connectivity index (χ4n) is 3.53. The number of carbonyl (C=O) groups is 1. The average molecular weight is 411 g/mol. The molecular formula is C23H26N2O3S. The van der Waals surface area contributed by atoms with Gasteiger partial charge in [-0.15, -0.1) is 0 Å². The van der Waals surface area contributed by atoms with E-state index in [2.05, 4.69) is 31.0 Å². The molecule has 1 aromatic heterocycles. The van der Waals surface area contributed by atoms with Crippen molar-refractivity contribution in [1.82, 2.24) is 9.88 Å². The first-order chi connectivity index (χ1) is 14.0. The van der Waals surface area contributed by atoms with Gasteiger partial charge < -0.3 is 14.4 Å². The third kappa shape index (κ3) is 4.53. The van der Waals surface area contributed by atoms with Crippen LogP contribution in [0.15, 0.2) is 36.4 Å². The number of aryl methyl sites for hydroxylation is 3. The van der Waals surface area contributed by atoms with Crippen molar-refractivity contribution in [2.75, 3.05) is 19.7 Å². The molecule has 6 heteroatoms. The van der Waals surface area contributed by atoms with Crippen LogP contribution in [-0.4, -0.2) is 41.6 Å². The van der Waals surface area contributed by atoms with E-state index in [0.29, 0.717) is 13.1 Å². The number of carbonyl (C=O) groups excluding carboxylic acids is 1. The fraction of sp³-hybridized carbons (Fsp3) is 0.391. The predicted octanol–water partition coefficient (Wildman–Crippen LogP) is 4.67. The number of thiazole rings is 1. The summed E-state index contributed by atoms with van der Waals surface area (Å²) in [6.45, 7) is 7.65. The maximum Gasteiger partial charge on any atom is 0.274 e. The van der Waals surface area contributed by atoms with Crippen molar-refractivity contribution in [3.63, 3.8) is 0 Å². The van der Waals surface area contributed by atoms with Crippen LogP contribution in [0.5, 0.6) is 10.9 Å². The van der Waals surface area contributed by atoms with Gasteiger partial charge in [0, 0.05) is 25.9 Å². The highest BCUT2D eigenvalue weighted by atomic mass is 32.1. The van der Waals surface area contributed by atoms with Crippen molar-refractivity contribution in [2.45, 2.75) is 39.7 Å². The molecule has 0 atom stereocenters. The van der Waals surface area contributed by atoms with Crippen molar-refractivity contribution in [2.24, 2.45) is 0 Å². The van der Waals surface area contributed by atoms with Crippen molar-refractivity contribution in [3.8, 4) is 10.9 Å². The minimum absolute atomic E-state index is 0.0234. The zero-order chi connectivity index (χ0) is 20.4. The molecule has 0 spiro atoms. The van der Waals surface area contributed by atoms with E-state index in [1.165, 1.54) is 21.4 Å². The van der Waals surface area contributed by atoms with Gasteiger partial charge >= 0.3 is 0 Å². The Morgan fingerprint density at radius 1 is 1.07 bits per heavy atom. The third-order valence-corrected chi connectivity index (χ3v) is 6.45. The highest BCUT2D eigenvalue weighted by molar-refractivity contribution is 7.20. The zero-order valence-corrected chi connectivity index (χ0v) is 17.9. The van der Waals surface area contributed by atoms with E-state index in [1.807, 2.05) is 36.1 Å². The van der Waals surface area contributed by atoms with Gasteiger partial charge in [-0.3, -0.25) is 4.79 Å². The second-order valence-corrected chi connectivity index (χ2v) is 8.62. The van der Waals surface area contributed by atoms with Crippen molar-refractivity contribution in [3.05, 3.63) is 53.1 Å². The Morgan fingerprint density at radius 3 is 2.45 bits per heavy atom. The average Bonchev–Trinajstić information content (AvgIpc) is 3.16. The van der Waals surface area contributed by atoms with Gasteiger partial charge in [-0.2, -0.15) is 0 Å². The molecule has 29 heavy (non-hydrogen) atoms. The Balaban J connectivity index is 1.29. The summed E-state index contributed by atoms with van der Waals surface area (Å²) in [6.07, 6.45) is 1.71. The molecule has 1 aliphatic rings. The molecule has 1 fully saturated rings. The van der Waals surface area contributed by atoms with Gasteiger partial charge in [0.25, 0.3) is 11.1 Å². The van der Waals surface area contributed by atoms with Gasteiger partial charge in [-0.1, -0.05) is 41.2 Å². The minimum Gasteiger partial charge on any atom is -0.484 e. The highest BCUT2D eigenvalue weighted by Gasteiger charge is 2.25. The molecule has 1 amide bonds. The van der Waals surface area contributed by atoms with Gasteiger partial charge in [0.15, 0.2) is 6.61 Å². The van der Waals surface area contributed by atoms with Gasteiger partial charge in [-0.25, -0.2) is 4.98 Å². The van der Waals surface area contributed by atoms with Crippen molar-refractivity contribution < 1.29 is 14.3 Å². The summed E-state index contributed by atoms with van der Waals surface area (Å²) in [6, 6.07) is 12.0. The van der Waals surface area contributed by atoms with Gasteiger partial charge in [-0.05, 0) is 44.0 Å². The van der Waals surface area contributed by atoms with Crippen LogP contribution in [0.3, 0.4) is 0 Å². The first-order valence-electron chi connectivity index (χ1n) is 10.0. The Bertz CT molecular complexity index is 966. The van der Waals surface area contributed by atoms with Crippen LogP contribution in [-0.2, 0) is 4.79 Å². The Morgan fingerprint density at radius 2 is 1.76 bits per heavy atom. The van der Waals surface area contributed by atoms with Crippen molar-refractivity contribution in [1.29, 1.82) is 0 Å². The van der Waals surface area contributed by atoms with Crippen LogP contribution >= 0.6 is 11.3 Å². The molecule has 3 aromatic rings. The summed E-state index contributed by atoms with van der Waals surface area (Å²) in [7, 11) is 0. The summed E-state index contributed by atoms with van der Waals surface area (Å²) in [4.78, 5) is 19.0. The van der Waals surface area contributed by atoms with E-state index in [4.69, 9.17) is 9.47 Å². The van der Waals surface area contributed by atoms with Crippen LogP contribution in [0.4, 0.5) is 0 Å². The number of benzene rings is 2. The van der Waals surface area contributed by atoms with E-state index in [-0.39, 0.29) is 18.6 Å². The van der Waals surface area contributed by atoms with Gasteiger partial charge in [0.1, 0.15) is 11.9 Å². The number of likely N-dealkylation sites (tertiary alicyclic amines) is 1. The number of hydrogen-bond acceptors (Lipinski definition) is 5. The van der Waals surface area contributed by atoms with E-state index in [0.717, 1.165) is 29.3 Å². The monoisotopic (exact) mass is 410 g/mol. The van der Waals surface area contributed by atoms with E-state index < -0.39 is 0 Å². The van der Waals surface area contributed by atoms with Crippen LogP contribution in [0.25, 0.3) is 10.2 Å². The Labute approximate surface area is 175 Å². The maximum atomic E-state index is 12.4. The zero-order valence-electron chi connectivity index (χ0n) is 17.1. The van der Waals surface area contributed by atoms with Gasteiger partial charge in [0.05, 0.1) is 10.2 Å². The van der Waals surface area contributed by atoms with Crippen LogP contribution in [0.1, 0.15) is 29.5 Å². The molecule has 0 radical (unpaired) electrons. The van der Waals surface area contributed by atoms with E-state index in [9.17, 15) is 4.79 Å². The second-order valence-electron chi connectivity index (χ2n) is 7.66. The molecule has 1 aliphatic heterocycles. The summed E-state index contributed by atoms with van der Waals surface area (Å²) < 4.78 is 13.0. The molecule has 5 nitrogen and oxygen atoms in total. The lowest BCUT2D eigenvalue weighted by Gasteiger charge is -2.31. The molecule has 152 valence electrons. The molecule has 0 aliphatic carbocycles. The molecule has 0 bridgehead atoms. The number of ether oxygens (including phenoxy) is 2. The molecule has 1 saturated heterocycles. The lowest BCUT2D eigenvalue weighted by Crippen LogP contribution is -2.43. The number of nitrogens with zero attached hydrogens (tertiary/aromatic N) is 2. The lowest BCUT2D eigenvalue weighted by atomic mass is 10.1. The standard InChI is InChI=1S/C23H26N2O3S/c1-15-4-8-18(9-5-15)27-14-20(26)25-12-10-19(11-13-25)28-23-24-21-16(2)6-7-17(3)22(21)29-23/h4-9,19H,10-14H2,1-3H3. The summed E-state index contributed by atoms with van der Waals surface area (Å²) >= 11 is 1.61. The largest absolute Gasteiger partial charge is 0.484 e. The summed E-state index contributed by atoms with van der Waals surface area (Å²) in [5.41, 5.74) is 4.60. The predicted molar refractivity (Wildman–Crippen MR) is 116 cm³/mol. The SMILES string of the molecule is Cc1ccc(OCC(=O)N2CCC(Oc3nc4c(C)ccc(C)c4s3)CC2)cc1. The Kier molecular flexibility index (Phi) is 5.72. The molecule has 0 unspecified atom stereocenters. The maximum absolute atomic E-state index is 12.4. The molecule has 0 N–H and O–H groups in total. The third-order valence-electron chi connectivity index (χ3n) is 5.37. The van der Waals surface area contributed by atoms with Gasteiger partial charge in [0.2, 0.25) is 0 Å². The highest BCUT2D eigenvalue weighted by Crippen LogP contribution is 2.33. The van der Waals surface area contributed by atoms with Crippen LogP contribution in [0.2, 0.25) is 0 Å². The minimum atomic E-state index is 0.0234. The summed E-state index contributed by atoms with van der Waals surface area (Å²) in [5, 5.41) is 0.727. The normalized spacial score (nSPS) is 14.9. The van der Waals surface area contributed by atoms with Crippen molar-refractivity contribution >= 4 is 27.5 Å². The topological polar surface area (TPSA) is 51.7 Å². The number of piperidine rings is 1. The quantitative estimate of drug-likeness (QED) is 0.613. The Hall–Kier alpha value is -2.60. The molecular weight excluding hydrogens is 384 g/mol. The van der Waals surface area contributed by atoms with Crippen LogP contribution < -0.4 is 9.47 Å². The summed E-state index contributed by atoms with van der Waals surface area (Å²) in [5.74, 6) is 0.749. The molecule has 4 rings (SSSR count). The number of amides is 1. The number of rotatable bonds is 5. The molecule has 2 heterocycles. The first-order valence-corrected chi connectivity index (χ1v) is 10.8. The number of fused-ring (bicyclic) bond motifs is 1. The number of aromatic nitrogens is 1.